The van der Waals surface area contributed by atoms with E-state index < -0.39 is 0 Å². The molecule has 6 unspecified atom stereocenters. The number of hydrogen-bond acceptors (Lipinski definition) is 5. The number of unbranched alkanes of at least 4 members (excludes halogenated alkanes) is 5. The fourth-order valence-electron chi connectivity index (χ4n) is 12.6. The lowest BCUT2D eigenvalue weighted by Gasteiger charge is -2.58. The van der Waals surface area contributed by atoms with Gasteiger partial charge < -0.3 is 26.6 Å². The molecule has 9 nitrogen and oxygen atoms in total. The molecule has 310 valence electrons. The maximum absolute atomic E-state index is 12.9. The molecule has 11 atom stereocenters. The molecular formula is C45H75N5O4S. The first-order chi connectivity index (χ1) is 26.5. The van der Waals surface area contributed by atoms with Gasteiger partial charge in [-0.25, -0.2) is 4.79 Å². The van der Waals surface area contributed by atoms with Gasteiger partial charge in [-0.15, -0.1) is 0 Å². The van der Waals surface area contributed by atoms with Crippen LogP contribution >= 0.6 is 11.8 Å². The number of carbonyl (C=O) groups is 4. The maximum atomic E-state index is 12.9. The van der Waals surface area contributed by atoms with Gasteiger partial charge in [0.1, 0.15) is 0 Å². The smallest absolute Gasteiger partial charge is 0.315 e. The van der Waals surface area contributed by atoms with Crippen LogP contribution in [-0.2, 0) is 14.4 Å². The summed E-state index contributed by atoms with van der Waals surface area (Å²) in [6.07, 6.45) is 24.9. The maximum Gasteiger partial charge on any atom is 0.315 e. The molecule has 0 spiro atoms. The Balaban J connectivity index is 0.802. The van der Waals surface area contributed by atoms with Crippen LogP contribution in [0.2, 0.25) is 0 Å². The first-order valence-electron chi connectivity index (χ1n) is 22.7. The standard InChI is InChI=1S/C45H75N5O4S/c1-5-6-8-13-30(2)34-19-20-35-33-18-17-31-28-32(21-24-44(31,3)36(33)22-25-45(34,35)4)48-41(53)23-27-47-40(52)15-9-7-12-26-46-39(51)16-11-10-14-38-42-37(29-55-38)49-43(54)50-42/h17,30,32-38,42H,5-16,18-29H2,1-4H3,(H,46,51)(H,47,52)(H,48,53)(H2,49,50,54)/t30-,32-,33?,34?,35?,36?,37-,38-,42-,44?,45?/m0/s1. The molecule has 0 aromatic heterocycles. The van der Waals surface area contributed by atoms with Crippen LogP contribution in [0.3, 0.4) is 0 Å². The Morgan fingerprint density at radius 2 is 1.64 bits per heavy atom. The molecule has 4 aliphatic carbocycles. The second kappa shape index (κ2) is 19.5. The summed E-state index contributed by atoms with van der Waals surface area (Å²) in [4.78, 5) is 49.2. The van der Waals surface area contributed by atoms with E-state index in [2.05, 4.69) is 60.4 Å². The Hall–Kier alpha value is -2.23. The fourth-order valence-corrected chi connectivity index (χ4v) is 14.1. The van der Waals surface area contributed by atoms with E-state index in [1.807, 2.05) is 11.8 Å². The lowest BCUT2D eigenvalue weighted by atomic mass is 9.47. The van der Waals surface area contributed by atoms with Gasteiger partial charge in [0, 0.05) is 49.4 Å². The summed E-state index contributed by atoms with van der Waals surface area (Å²) >= 11 is 1.91. The normalized spacial score (nSPS) is 35.3. The summed E-state index contributed by atoms with van der Waals surface area (Å²) < 4.78 is 0. The van der Waals surface area contributed by atoms with Crippen molar-refractivity contribution < 1.29 is 19.2 Å². The van der Waals surface area contributed by atoms with Crippen molar-refractivity contribution in [3.05, 3.63) is 11.6 Å². The molecule has 5 fully saturated rings. The minimum atomic E-state index is -0.0537. The monoisotopic (exact) mass is 782 g/mol. The molecule has 55 heavy (non-hydrogen) atoms. The third-order valence-corrected chi connectivity index (χ3v) is 17.2. The van der Waals surface area contributed by atoms with Gasteiger partial charge in [-0.2, -0.15) is 11.8 Å². The van der Waals surface area contributed by atoms with Crippen LogP contribution in [0.4, 0.5) is 4.79 Å². The van der Waals surface area contributed by atoms with Gasteiger partial charge >= 0.3 is 6.03 Å². The third-order valence-electron chi connectivity index (χ3n) is 15.6. The largest absolute Gasteiger partial charge is 0.356 e. The molecule has 0 aromatic rings. The number of fused-ring (bicyclic) bond motifs is 6. The molecule has 0 aromatic carbocycles. The number of allylic oxidation sites excluding steroid dienone is 1. The molecule has 2 saturated heterocycles. The van der Waals surface area contributed by atoms with Gasteiger partial charge in [-0.1, -0.05) is 77.9 Å². The Bertz CT molecular complexity index is 1370. The van der Waals surface area contributed by atoms with E-state index >= 15 is 0 Å². The van der Waals surface area contributed by atoms with Crippen LogP contribution in [0, 0.1) is 40.4 Å². The van der Waals surface area contributed by atoms with Crippen molar-refractivity contribution in [1.82, 2.24) is 26.6 Å². The highest BCUT2D eigenvalue weighted by Crippen LogP contribution is 2.67. The fraction of sp³-hybridized carbons (Fsp3) is 0.867. The van der Waals surface area contributed by atoms with Gasteiger partial charge in [-0.05, 0) is 117 Å². The second-order valence-electron chi connectivity index (χ2n) is 19.1. The number of urea groups is 1. The zero-order valence-corrected chi connectivity index (χ0v) is 35.6. The summed E-state index contributed by atoms with van der Waals surface area (Å²) in [6, 6.07) is 0.620. The lowest BCUT2D eigenvalue weighted by Crippen LogP contribution is -2.52. The second-order valence-corrected chi connectivity index (χ2v) is 20.4. The highest BCUT2D eigenvalue weighted by Gasteiger charge is 2.59. The van der Waals surface area contributed by atoms with Gasteiger partial charge in [0.15, 0.2) is 0 Å². The van der Waals surface area contributed by atoms with Crippen LogP contribution in [0.15, 0.2) is 11.6 Å². The summed E-state index contributed by atoms with van der Waals surface area (Å²) in [5.74, 6) is 5.34. The van der Waals surface area contributed by atoms with E-state index in [1.54, 1.807) is 5.57 Å². The molecule has 3 saturated carbocycles. The summed E-state index contributed by atoms with van der Waals surface area (Å²) in [7, 11) is 0. The van der Waals surface area contributed by atoms with Crippen LogP contribution in [0.5, 0.6) is 0 Å². The van der Waals surface area contributed by atoms with Crippen molar-refractivity contribution in [3.63, 3.8) is 0 Å². The number of thioether (sulfide) groups is 1. The Kier molecular flexibility index (Phi) is 15.0. The van der Waals surface area contributed by atoms with Crippen LogP contribution in [-0.4, -0.2) is 66.0 Å². The van der Waals surface area contributed by atoms with Gasteiger partial charge in [0.25, 0.3) is 0 Å². The Morgan fingerprint density at radius 1 is 0.855 bits per heavy atom. The molecule has 6 aliphatic rings. The zero-order valence-electron chi connectivity index (χ0n) is 34.8. The first-order valence-corrected chi connectivity index (χ1v) is 23.8. The van der Waals surface area contributed by atoms with Gasteiger partial charge in [0.2, 0.25) is 17.7 Å². The van der Waals surface area contributed by atoms with Crippen molar-refractivity contribution in [2.45, 2.75) is 186 Å². The number of nitrogens with one attached hydrogen (secondary N) is 5. The highest BCUT2D eigenvalue weighted by atomic mass is 32.2. The Morgan fingerprint density at radius 3 is 2.44 bits per heavy atom. The quantitative estimate of drug-likeness (QED) is 0.0484. The van der Waals surface area contributed by atoms with E-state index in [-0.39, 0.29) is 47.3 Å². The summed E-state index contributed by atoms with van der Waals surface area (Å²) in [5.41, 5.74) is 2.41. The molecular weight excluding hydrogens is 707 g/mol. The van der Waals surface area contributed by atoms with Crippen molar-refractivity contribution in [2.75, 3.05) is 18.8 Å². The molecule has 10 heteroatoms. The van der Waals surface area contributed by atoms with Crippen molar-refractivity contribution in [2.24, 2.45) is 40.4 Å². The molecule has 2 heterocycles. The van der Waals surface area contributed by atoms with Crippen molar-refractivity contribution in [3.8, 4) is 0 Å². The van der Waals surface area contributed by atoms with E-state index in [1.165, 1.54) is 64.2 Å². The number of amides is 5. The van der Waals surface area contributed by atoms with E-state index in [0.29, 0.717) is 43.0 Å². The lowest BCUT2D eigenvalue weighted by molar-refractivity contribution is -0.123. The topological polar surface area (TPSA) is 128 Å². The summed E-state index contributed by atoms with van der Waals surface area (Å²) in [6.45, 7) is 11.1. The van der Waals surface area contributed by atoms with Crippen LogP contribution in [0.1, 0.15) is 163 Å². The zero-order chi connectivity index (χ0) is 39.0. The van der Waals surface area contributed by atoms with Crippen molar-refractivity contribution >= 4 is 35.5 Å². The van der Waals surface area contributed by atoms with E-state index in [0.717, 1.165) is 86.7 Å². The highest BCUT2D eigenvalue weighted by molar-refractivity contribution is 8.00. The SMILES string of the molecule is CCCCC[C@H](C)C1CCC2C3CC=C4C[C@@H](NC(=O)CCNC(=O)CCCCCNC(=O)CCCC[C@@H]5SC[C@@H]6NC(=O)N[C@@H]65)CCC4(C)C3CCC21C. The average molecular weight is 782 g/mol. The third kappa shape index (κ3) is 10.3. The minimum absolute atomic E-state index is 0.00463. The molecule has 2 aliphatic heterocycles. The average Bonchev–Trinajstić information content (AvgIpc) is 3.83. The molecule has 5 N–H and O–H groups in total. The number of carbonyl (C=O) groups excluding carboxylic acids is 4. The minimum Gasteiger partial charge on any atom is -0.356 e. The van der Waals surface area contributed by atoms with Crippen LogP contribution < -0.4 is 26.6 Å². The van der Waals surface area contributed by atoms with Gasteiger partial charge in [0.05, 0.1) is 12.1 Å². The molecule has 0 bridgehead atoms. The van der Waals surface area contributed by atoms with E-state index in [9.17, 15) is 19.2 Å². The molecule has 5 amide bonds. The Labute approximate surface area is 337 Å². The van der Waals surface area contributed by atoms with Crippen LogP contribution in [0.25, 0.3) is 0 Å². The first kappa shape index (κ1) is 42.4. The van der Waals surface area contributed by atoms with E-state index in [4.69, 9.17) is 0 Å². The molecule has 6 rings (SSSR count). The number of rotatable bonds is 20. The molecule has 0 radical (unpaired) electrons. The summed E-state index contributed by atoms with van der Waals surface area (Å²) in [5, 5.41) is 15.7. The van der Waals surface area contributed by atoms with Gasteiger partial charge in [-0.3, -0.25) is 14.4 Å². The van der Waals surface area contributed by atoms with Crippen molar-refractivity contribution in [1.29, 1.82) is 0 Å². The predicted octanol–water partition coefficient (Wildman–Crippen LogP) is 8.18. The number of hydrogen-bond donors (Lipinski definition) is 5. The predicted molar refractivity (Wildman–Crippen MR) is 223 cm³/mol.